The molecule has 0 aliphatic carbocycles. The fourth-order valence-corrected chi connectivity index (χ4v) is 3.90. The van der Waals surface area contributed by atoms with E-state index in [1.807, 2.05) is 0 Å². The third-order valence-electron chi connectivity index (χ3n) is 3.71. The number of sulfonamides is 1. The van der Waals surface area contributed by atoms with Gasteiger partial charge in [0.1, 0.15) is 0 Å². The van der Waals surface area contributed by atoms with Crippen LogP contribution in [-0.4, -0.2) is 67.7 Å². The molecule has 1 fully saturated rings. The highest BCUT2D eigenvalue weighted by molar-refractivity contribution is 7.89. The van der Waals surface area contributed by atoms with Gasteiger partial charge in [-0.15, -0.1) is 0 Å². The molecule has 1 N–H and O–H groups in total. The van der Waals surface area contributed by atoms with E-state index in [0.29, 0.717) is 25.6 Å². The van der Waals surface area contributed by atoms with Crippen molar-refractivity contribution in [3.05, 3.63) is 0 Å². The van der Waals surface area contributed by atoms with Crippen LogP contribution in [0.4, 0.5) is 0 Å². The van der Waals surface area contributed by atoms with Crippen molar-refractivity contribution in [2.75, 3.05) is 38.5 Å². The average molecular weight is 305 g/mol. The van der Waals surface area contributed by atoms with Crippen molar-refractivity contribution in [1.29, 1.82) is 0 Å². The van der Waals surface area contributed by atoms with Gasteiger partial charge in [0.2, 0.25) is 10.0 Å². The van der Waals surface area contributed by atoms with Gasteiger partial charge in [0, 0.05) is 37.8 Å². The first-order valence-electron chi connectivity index (χ1n) is 7.59. The summed E-state index contributed by atoms with van der Waals surface area (Å²) in [6.45, 7) is 14.3. The zero-order valence-corrected chi connectivity index (χ0v) is 14.5. The third kappa shape index (κ3) is 5.68. The number of nitrogens with zero attached hydrogens (tertiary/aromatic N) is 2. The van der Waals surface area contributed by atoms with Crippen LogP contribution in [0, 0.1) is 0 Å². The second kappa shape index (κ2) is 7.20. The molecule has 0 aromatic rings. The molecule has 0 radical (unpaired) electrons. The molecule has 120 valence electrons. The van der Waals surface area contributed by atoms with Crippen LogP contribution in [-0.2, 0) is 10.0 Å². The summed E-state index contributed by atoms with van der Waals surface area (Å²) in [6.07, 6.45) is 0.681. The molecule has 1 saturated heterocycles. The van der Waals surface area contributed by atoms with Gasteiger partial charge in [-0.05, 0) is 33.7 Å². The Morgan fingerprint density at radius 3 is 2.10 bits per heavy atom. The zero-order valence-electron chi connectivity index (χ0n) is 13.6. The number of piperazine rings is 1. The van der Waals surface area contributed by atoms with Gasteiger partial charge in [-0.1, -0.05) is 13.8 Å². The van der Waals surface area contributed by atoms with E-state index in [-0.39, 0.29) is 11.3 Å². The Morgan fingerprint density at radius 1 is 1.10 bits per heavy atom. The smallest absolute Gasteiger partial charge is 0.214 e. The highest BCUT2D eigenvalue weighted by Crippen LogP contribution is 2.17. The van der Waals surface area contributed by atoms with Gasteiger partial charge in [0.05, 0.1) is 5.75 Å². The lowest BCUT2D eigenvalue weighted by molar-refractivity contribution is 0.0922. The summed E-state index contributed by atoms with van der Waals surface area (Å²) >= 11 is 0. The highest BCUT2D eigenvalue weighted by atomic mass is 32.2. The van der Waals surface area contributed by atoms with E-state index in [1.54, 1.807) is 4.31 Å². The van der Waals surface area contributed by atoms with E-state index < -0.39 is 10.0 Å². The van der Waals surface area contributed by atoms with Crippen LogP contribution >= 0.6 is 0 Å². The van der Waals surface area contributed by atoms with Crippen molar-refractivity contribution in [3.63, 3.8) is 0 Å². The average Bonchev–Trinajstić information content (AvgIpc) is 2.34. The largest absolute Gasteiger partial charge is 0.314 e. The number of hydrogen-bond donors (Lipinski definition) is 1. The zero-order chi connectivity index (χ0) is 15.4. The van der Waals surface area contributed by atoms with Crippen LogP contribution < -0.4 is 5.32 Å². The molecule has 0 atom stereocenters. The van der Waals surface area contributed by atoms with Crippen LogP contribution in [0.2, 0.25) is 0 Å². The highest BCUT2D eigenvalue weighted by Gasteiger charge is 2.30. The maximum absolute atomic E-state index is 12.3. The van der Waals surface area contributed by atoms with Gasteiger partial charge in [-0.2, -0.15) is 4.31 Å². The minimum atomic E-state index is -3.08. The van der Waals surface area contributed by atoms with Gasteiger partial charge < -0.3 is 5.32 Å². The first-order valence-corrected chi connectivity index (χ1v) is 9.20. The van der Waals surface area contributed by atoms with Gasteiger partial charge in [0.25, 0.3) is 0 Å². The molecule has 1 heterocycles. The Bertz CT molecular complexity index is 380. The lowest BCUT2D eigenvalue weighted by Gasteiger charge is -2.41. The lowest BCUT2D eigenvalue weighted by Crippen LogP contribution is -2.54. The topological polar surface area (TPSA) is 52.7 Å². The standard InChI is InChI=1S/C14H31N3O2S/c1-13(2)15-7-6-12-20(18,19)17-10-8-16(9-11-17)14(3,4)5/h13,15H,6-12H2,1-5H3. The van der Waals surface area contributed by atoms with E-state index in [0.717, 1.165) is 19.6 Å². The fraction of sp³-hybridized carbons (Fsp3) is 1.00. The van der Waals surface area contributed by atoms with Crippen molar-refractivity contribution in [1.82, 2.24) is 14.5 Å². The molecule has 1 aliphatic rings. The first-order chi connectivity index (χ1) is 9.13. The second-order valence-electron chi connectivity index (χ2n) is 6.84. The van der Waals surface area contributed by atoms with Crippen molar-refractivity contribution in [3.8, 4) is 0 Å². The molecule has 0 aromatic heterocycles. The van der Waals surface area contributed by atoms with Gasteiger partial charge in [0.15, 0.2) is 0 Å². The molecule has 0 bridgehead atoms. The summed E-state index contributed by atoms with van der Waals surface area (Å²) in [5, 5.41) is 3.26. The maximum atomic E-state index is 12.3. The second-order valence-corrected chi connectivity index (χ2v) is 8.92. The van der Waals surface area contributed by atoms with Crippen LogP contribution in [0.1, 0.15) is 41.0 Å². The molecule has 0 aromatic carbocycles. The summed E-state index contributed by atoms with van der Waals surface area (Å²) in [5.41, 5.74) is 0.122. The van der Waals surface area contributed by atoms with Crippen molar-refractivity contribution < 1.29 is 8.42 Å². The van der Waals surface area contributed by atoms with E-state index >= 15 is 0 Å². The summed E-state index contributed by atoms with van der Waals surface area (Å²) in [6, 6.07) is 0.410. The molecule has 1 rings (SSSR count). The van der Waals surface area contributed by atoms with Crippen molar-refractivity contribution in [2.45, 2.75) is 52.6 Å². The third-order valence-corrected chi connectivity index (χ3v) is 5.67. The lowest BCUT2D eigenvalue weighted by atomic mass is 10.1. The van der Waals surface area contributed by atoms with E-state index in [2.05, 4.69) is 44.8 Å². The van der Waals surface area contributed by atoms with Crippen molar-refractivity contribution in [2.24, 2.45) is 0 Å². The predicted octanol–water partition coefficient (Wildman–Crippen LogP) is 1.12. The summed E-state index contributed by atoms with van der Waals surface area (Å²) in [7, 11) is -3.08. The van der Waals surface area contributed by atoms with E-state index in [1.165, 1.54) is 0 Å². The Morgan fingerprint density at radius 2 is 1.65 bits per heavy atom. The van der Waals surface area contributed by atoms with Gasteiger partial charge >= 0.3 is 0 Å². The van der Waals surface area contributed by atoms with Crippen molar-refractivity contribution >= 4 is 10.0 Å². The fourth-order valence-electron chi connectivity index (χ4n) is 2.41. The van der Waals surface area contributed by atoms with E-state index in [4.69, 9.17) is 0 Å². The Hall–Kier alpha value is -0.170. The minimum absolute atomic E-state index is 0.122. The van der Waals surface area contributed by atoms with E-state index in [9.17, 15) is 8.42 Å². The number of hydrogen-bond acceptors (Lipinski definition) is 4. The molecule has 6 heteroatoms. The maximum Gasteiger partial charge on any atom is 0.214 e. The number of nitrogens with one attached hydrogen (secondary N) is 1. The number of rotatable bonds is 6. The molecular weight excluding hydrogens is 274 g/mol. The first kappa shape index (κ1) is 17.9. The summed E-state index contributed by atoms with van der Waals surface area (Å²) < 4.78 is 26.2. The molecule has 0 amide bonds. The van der Waals surface area contributed by atoms with Crippen LogP contribution in [0.3, 0.4) is 0 Å². The molecule has 1 aliphatic heterocycles. The summed E-state index contributed by atoms with van der Waals surface area (Å²) in [4.78, 5) is 2.35. The van der Waals surface area contributed by atoms with Crippen LogP contribution in [0.15, 0.2) is 0 Å². The molecule has 0 unspecified atom stereocenters. The molecule has 0 spiro atoms. The molecule has 20 heavy (non-hydrogen) atoms. The Labute approximate surface area is 124 Å². The Balaban J connectivity index is 2.39. The van der Waals surface area contributed by atoms with Gasteiger partial charge in [-0.25, -0.2) is 8.42 Å². The minimum Gasteiger partial charge on any atom is -0.314 e. The Kier molecular flexibility index (Phi) is 6.44. The molecular formula is C14H31N3O2S. The SMILES string of the molecule is CC(C)NCCCS(=O)(=O)N1CCN(C(C)(C)C)CC1. The summed E-state index contributed by atoms with van der Waals surface area (Å²) in [5.74, 6) is 0.252. The molecule has 0 saturated carbocycles. The van der Waals surface area contributed by atoms with Crippen LogP contribution in [0.25, 0.3) is 0 Å². The normalized spacial score (nSPS) is 19.7. The van der Waals surface area contributed by atoms with Crippen LogP contribution in [0.5, 0.6) is 0 Å². The van der Waals surface area contributed by atoms with Gasteiger partial charge in [-0.3, -0.25) is 4.90 Å². The monoisotopic (exact) mass is 305 g/mol. The molecule has 5 nitrogen and oxygen atoms in total. The quantitative estimate of drug-likeness (QED) is 0.747. The predicted molar refractivity (Wildman–Crippen MR) is 84.4 cm³/mol.